The van der Waals surface area contributed by atoms with Crippen LogP contribution in [0.3, 0.4) is 0 Å². The molecule has 1 unspecified atom stereocenters. The van der Waals surface area contributed by atoms with Gasteiger partial charge in [0.05, 0.1) is 12.9 Å². The van der Waals surface area contributed by atoms with Crippen LogP contribution in [0.5, 0.6) is 5.75 Å². The molecule has 1 aromatic carbocycles. The van der Waals surface area contributed by atoms with Crippen molar-refractivity contribution in [2.75, 3.05) is 18.6 Å². The van der Waals surface area contributed by atoms with E-state index in [1.54, 1.807) is 12.0 Å². The summed E-state index contributed by atoms with van der Waals surface area (Å²) in [5.41, 5.74) is 6.30. The molecule has 2 amide bonds. The quantitative estimate of drug-likeness (QED) is 0.877. The zero-order chi connectivity index (χ0) is 13.8. The summed E-state index contributed by atoms with van der Waals surface area (Å²) < 4.78 is 5.08. The summed E-state index contributed by atoms with van der Waals surface area (Å²) in [4.78, 5) is 24.9. The number of hydrogen-bond acceptors (Lipinski definition) is 4. The fraction of sp³-hybridized carbons (Fsp3) is 0.385. The maximum absolute atomic E-state index is 11.9. The molecule has 0 bridgehead atoms. The van der Waals surface area contributed by atoms with Gasteiger partial charge in [0.25, 0.3) is 0 Å². The molecule has 6 heteroatoms. The third-order valence-electron chi connectivity index (χ3n) is 3.04. The van der Waals surface area contributed by atoms with Crippen molar-refractivity contribution < 1.29 is 14.3 Å². The monoisotopic (exact) mass is 280 g/mol. The van der Waals surface area contributed by atoms with Gasteiger partial charge in [0.1, 0.15) is 11.8 Å². The van der Waals surface area contributed by atoms with Gasteiger partial charge in [-0.3, -0.25) is 9.59 Å². The molecule has 19 heavy (non-hydrogen) atoms. The number of carbonyl (C=O) groups is 2. The van der Waals surface area contributed by atoms with Crippen LogP contribution in [0.4, 0.5) is 0 Å². The van der Waals surface area contributed by atoms with Gasteiger partial charge in [0.2, 0.25) is 11.8 Å². The number of methoxy groups -OCH3 is 1. The first-order chi connectivity index (χ1) is 9.11. The number of primary amides is 1. The smallest absolute Gasteiger partial charge is 0.241 e. The molecule has 0 aliphatic carbocycles. The Kier molecular flexibility index (Phi) is 4.31. The third-order valence-corrected chi connectivity index (χ3v) is 4.04. The number of nitrogens with two attached hydrogens (primary N) is 1. The molecule has 0 aromatic heterocycles. The van der Waals surface area contributed by atoms with E-state index in [-0.39, 0.29) is 5.91 Å². The lowest BCUT2D eigenvalue weighted by Gasteiger charge is -2.33. The van der Waals surface area contributed by atoms with Crippen LogP contribution in [-0.2, 0) is 16.1 Å². The van der Waals surface area contributed by atoms with Crippen LogP contribution in [0.25, 0.3) is 0 Å². The molecule has 1 saturated heterocycles. The van der Waals surface area contributed by atoms with Gasteiger partial charge in [0, 0.05) is 12.3 Å². The van der Waals surface area contributed by atoms with Crippen LogP contribution in [0.15, 0.2) is 24.3 Å². The Labute approximate surface area is 116 Å². The molecule has 2 N–H and O–H groups in total. The first-order valence-corrected chi connectivity index (χ1v) is 7.06. The van der Waals surface area contributed by atoms with Crippen LogP contribution in [0.1, 0.15) is 5.56 Å². The predicted octanol–water partition coefficient (Wildman–Crippen LogP) is 0.624. The second-order valence-corrected chi connectivity index (χ2v) is 5.33. The van der Waals surface area contributed by atoms with Gasteiger partial charge >= 0.3 is 0 Å². The second kappa shape index (κ2) is 5.97. The minimum absolute atomic E-state index is 0.0455. The minimum Gasteiger partial charge on any atom is -0.497 e. The summed E-state index contributed by atoms with van der Waals surface area (Å²) >= 11 is 1.45. The number of thioether (sulfide) groups is 1. The number of ether oxygens (including phenoxy) is 1. The second-order valence-electron chi connectivity index (χ2n) is 4.30. The third kappa shape index (κ3) is 3.20. The van der Waals surface area contributed by atoms with Crippen molar-refractivity contribution in [2.24, 2.45) is 5.73 Å². The Balaban J connectivity index is 2.13. The Morgan fingerprint density at radius 2 is 2.16 bits per heavy atom. The van der Waals surface area contributed by atoms with Crippen LogP contribution >= 0.6 is 11.8 Å². The number of carbonyl (C=O) groups excluding carboxylic acids is 2. The molecule has 5 nitrogen and oxygen atoms in total. The van der Waals surface area contributed by atoms with Crippen molar-refractivity contribution in [1.82, 2.24) is 4.90 Å². The van der Waals surface area contributed by atoms with Crippen molar-refractivity contribution in [3.63, 3.8) is 0 Å². The summed E-state index contributed by atoms with van der Waals surface area (Å²) in [5, 5.41) is 0. The van der Waals surface area contributed by atoms with Crippen molar-refractivity contribution in [3.05, 3.63) is 29.8 Å². The fourth-order valence-electron chi connectivity index (χ4n) is 1.97. The van der Waals surface area contributed by atoms with E-state index in [0.29, 0.717) is 18.1 Å². The lowest BCUT2D eigenvalue weighted by atomic mass is 10.1. The molecule has 0 saturated carbocycles. The number of nitrogens with zero attached hydrogens (tertiary/aromatic N) is 1. The summed E-state index contributed by atoms with van der Waals surface area (Å²) in [5.74, 6) is 1.23. The van der Waals surface area contributed by atoms with Crippen molar-refractivity contribution in [1.29, 1.82) is 0 Å². The van der Waals surface area contributed by atoms with E-state index in [1.165, 1.54) is 11.8 Å². The van der Waals surface area contributed by atoms with Crippen LogP contribution in [-0.4, -0.2) is 41.4 Å². The standard InChI is InChI=1S/C13H16N2O3S/c1-18-10-4-2-9(3-5-10)6-15-11(13(14)17)7-19-8-12(15)16/h2-5,11H,6-8H2,1H3,(H2,14,17). The molecule has 1 atom stereocenters. The zero-order valence-electron chi connectivity index (χ0n) is 10.7. The lowest BCUT2D eigenvalue weighted by Crippen LogP contribution is -2.52. The summed E-state index contributed by atoms with van der Waals surface area (Å²) in [7, 11) is 1.60. The molecule has 1 aliphatic heterocycles. The van der Waals surface area contributed by atoms with E-state index in [9.17, 15) is 9.59 Å². The van der Waals surface area contributed by atoms with E-state index in [4.69, 9.17) is 10.5 Å². The average Bonchev–Trinajstić information content (AvgIpc) is 2.41. The molecular formula is C13H16N2O3S. The number of rotatable bonds is 4. The molecule has 1 aromatic rings. The van der Waals surface area contributed by atoms with Crippen LogP contribution in [0.2, 0.25) is 0 Å². The maximum Gasteiger partial charge on any atom is 0.241 e. The van der Waals surface area contributed by atoms with Gasteiger partial charge in [-0.2, -0.15) is 0 Å². The van der Waals surface area contributed by atoms with E-state index >= 15 is 0 Å². The van der Waals surface area contributed by atoms with Crippen LogP contribution in [0, 0.1) is 0 Å². The fourth-order valence-corrected chi connectivity index (χ4v) is 2.99. The van der Waals surface area contributed by atoms with Gasteiger partial charge in [-0.15, -0.1) is 11.8 Å². The molecule has 1 fully saturated rings. The maximum atomic E-state index is 11.9. The summed E-state index contributed by atoms with van der Waals surface area (Å²) in [6.45, 7) is 0.400. The Hall–Kier alpha value is -1.69. The number of hydrogen-bond donors (Lipinski definition) is 1. The van der Waals surface area contributed by atoms with E-state index in [1.807, 2.05) is 24.3 Å². The number of amides is 2. The average molecular weight is 280 g/mol. The van der Waals surface area contributed by atoms with E-state index < -0.39 is 11.9 Å². The highest BCUT2D eigenvalue weighted by Gasteiger charge is 2.32. The van der Waals surface area contributed by atoms with Crippen LogP contribution < -0.4 is 10.5 Å². The first kappa shape index (κ1) is 13.7. The highest BCUT2D eigenvalue weighted by molar-refractivity contribution is 8.00. The molecule has 0 spiro atoms. The predicted molar refractivity (Wildman–Crippen MR) is 73.9 cm³/mol. The summed E-state index contributed by atoms with van der Waals surface area (Å²) in [6, 6.07) is 6.90. The Morgan fingerprint density at radius 1 is 1.47 bits per heavy atom. The van der Waals surface area contributed by atoms with Crippen molar-refractivity contribution in [3.8, 4) is 5.75 Å². The molecular weight excluding hydrogens is 264 g/mol. The SMILES string of the molecule is COc1ccc(CN2C(=O)CSCC2C(N)=O)cc1. The van der Waals surface area contributed by atoms with Crippen molar-refractivity contribution >= 4 is 23.6 Å². The van der Waals surface area contributed by atoms with Crippen molar-refractivity contribution in [2.45, 2.75) is 12.6 Å². The normalized spacial score (nSPS) is 19.3. The minimum atomic E-state index is -0.520. The zero-order valence-corrected chi connectivity index (χ0v) is 11.5. The number of benzene rings is 1. The van der Waals surface area contributed by atoms with Gasteiger partial charge in [-0.1, -0.05) is 12.1 Å². The molecule has 1 heterocycles. The molecule has 102 valence electrons. The highest BCUT2D eigenvalue weighted by atomic mass is 32.2. The van der Waals surface area contributed by atoms with Gasteiger partial charge in [-0.25, -0.2) is 0 Å². The topological polar surface area (TPSA) is 72.6 Å². The van der Waals surface area contributed by atoms with E-state index in [2.05, 4.69) is 0 Å². The summed E-state index contributed by atoms with van der Waals surface area (Å²) in [6.07, 6.45) is 0. The van der Waals surface area contributed by atoms with Gasteiger partial charge < -0.3 is 15.4 Å². The Morgan fingerprint density at radius 3 is 2.74 bits per heavy atom. The van der Waals surface area contributed by atoms with Gasteiger partial charge in [0.15, 0.2) is 0 Å². The largest absolute Gasteiger partial charge is 0.497 e. The highest BCUT2D eigenvalue weighted by Crippen LogP contribution is 2.21. The van der Waals surface area contributed by atoms with E-state index in [0.717, 1.165) is 11.3 Å². The molecule has 2 rings (SSSR count). The Bertz CT molecular complexity index is 475. The lowest BCUT2D eigenvalue weighted by molar-refractivity contribution is -0.137. The van der Waals surface area contributed by atoms with Gasteiger partial charge in [-0.05, 0) is 17.7 Å². The molecule has 1 aliphatic rings. The molecule has 0 radical (unpaired) electrons. The first-order valence-electron chi connectivity index (χ1n) is 5.91.